The standard InChI is InChI=1S/C21H31N9O7/c1-10(31)17(23)20(35)30-15(5-12-7-25-9-27-12)19(34)29-14(4-11-6-24-8-26-11)18(33)28-13(21(36)37)2-3-16(22)32/h6-10,13-15,17,31H,2-5,23H2,1H3,(H2,22,32)(H,24,26)(H,25,27)(H,28,33)(H,29,34)(H,30,35)(H,36,37). The predicted molar refractivity (Wildman–Crippen MR) is 126 cm³/mol. The second kappa shape index (κ2) is 13.7. The molecular weight excluding hydrogens is 490 g/mol. The van der Waals surface area contributed by atoms with Crippen LogP contribution in [0.15, 0.2) is 25.0 Å². The number of imidazole rings is 2. The summed E-state index contributed by atoms with van der Waals surface area (Å²) in [6, 6.07) is -5.29. The predicted octanol–water partition coefficient (Wildman–Crippen LogP) is -3.57. The average Bonchev–Trinajstić information content (AvgIpc) is 3.54. The Morgan fingerprint density at radius 3 is 1.73 bits per heavy atom. The molecule has 0 fully saturated rings. The number of H-pyrrole nitrogens is 2. The molecule has 0 aliphatic heterocycles. The van der Waals surface area contributed by atoms with Gasteiger partial charge in [-0.1, -0.05) is 0 Å². The molecule has 2 rings (SSSR count). The number of amides is 4. The fourth-order valence-corrected chi connectivity index (χ4v) is 3.23. The molecule has 0 spiro atoms. The lowest BCUT2D eigenvalue weighted by molar-refractivity contribution is -0.142. The van der Waals surface area contributed by atoms with Gasteiger partial charge in [-0.15, -0.1) is 0 Å². The molecule has 2 aromatic rings. The summed E-state index contributed by atoms with van der Waals surface area (Å²) in [5.74, 6) is -4.58. The van der Waals surface area contributed by atoms with Crippen molar-refractivity contribution in [3.8, 4) is 0 Å². The maximum absolute atomic E-state index is 13.2. The van der Waals surface area contributed by atoms with Gasteiger partial charge < -0.3 is 47.6 Å². The first-order valence-electron chi connectivity index (χ1n) is 11.3. The van der Waals surface area contributed by atoms with Crippen LogP contribution in [0.4, 0.5) is 0 Å². The first-order chi connectivity index (χ1) is 17.5. The second-order valence-corrected chi connectivity index (χ2v) is 8.36. The zero-order valence-corrected chi connectivity index (χ0v) is 20.0. The summed E-state index contributed by atoms with van der Waals surface area (Å²) in [6.07, 6.45) is 3.71. The number of carbonyl (C=O) groups excluding carboxylic acids is 4. The van der Waals surface area contributed by atoms with E-state index in [2.05, 4.69) is 35.9 Å². The van der Waals surface area contributed by atoms with Crippen molar-refractivity contribution in [3.05, 3.63) is 36.4 Å². The number of carbonyl (C=O) groups is 5. The molecule has 37 heavy (non-hydrogen) atoms. The molecule has 11 N–H and O–H groups in total. The Hall–Kier alpha value is -4.31. The first-order valence-corrected chi connectivity index (χ1v) is 11.3. The molecule has 2 heterocycles. The minimum Gasteiger partial charge on any atom is -0.480 e. The average molecular weight is 522 g/mol. The van der Waals surface area contributed by atoms with Crippen LogP contribution in [-0.2, 0) is 36.8 Å². The van der Waals surface area contributed by atoms with Crippen molar-refractivity contribution in [1.82, 2.24) is 35.9 Å². The number of nitrogens with zero attached hydrogens (tertiary/aromatic N) is 2. The Bertz CT molecular complexity index is 1060. The number of carboxylic acid groups (broad SMARTS) is 1. The highest BCUT2D eigenvalue weighted by molar-refractivity contribution is 5.94. The molecule has 0 saturated heterocycles. The van der Waals surface area contributed by atoms with Crippen LogP contribution in [0.1, 0.15) is 31.2 Å². The number of hydrogen-bond acceptors (Lipinski definition) is 9. The highest BCUT2D eigenvalue weighted by Gasteiger charge is 2.31. The molecule has 5 unspecified atom stereocenters. The maximum Gasteiger partial charge on any atom is 0.326 e. The molecule has 0 saturated carbocycles. The number of hydrogen-bond donors (Lipinski definition) is 9. The van der Waals surface area contributed by atoms with Gasteiger partial charge in [0, 0.05) is 43.0 Å². The van der Waals surface area contributed by atoms with E-state index in [0.717, 1.165) is 0 Å². The van der Waals surface area contributed by atoms with Crippen molar-refractivity contribution < 1.29 is 34.2 Å². The Morgan fingerprint density at radius 2 is 1.35 bits per heavy atom. The summed E-state index contributed by atoms with van der Waals surface area (Å²) in [5, 5.41) is 26.3. The van der Waals surface area contributed by atoms with Crippen molar-refractivity contribution in [3.63, 3.8) is 0 Å². The molecule has 2 aromatic heterocycles. The van der Waals surface area contributed by atoms with Crippen LogP contribution in [0.2, 0.25) is 0 Å². The van der Waals surface area contributed by atoms with E-state index in [0.29, 0.717) is 11.4 Å². The van der Waals surface area contributed by atoms with E-state index in [1.165, 1.54) is 32.0 Å². The van der Waals surface area contributed by atoms with E-state index < -0.39 is 59.9 Å². The van der Waals surface area contributed by atoms with E-state index in [1.807, 2.05) is 0 Å². The van der Waals surface area contributed by atoms with Gasteiger partial charge in [0.25, 0.3) is 0 Å². The Kier molecular flexibility index (Phi) is 10.7. The molecule has 0 radical (unpaired) electrons. The minimum atomic E-state index is -1.44. The van der Waals surface area contributed by atoms with Crippen molar-refractivity contribution in [1.29, 1.82) is 0 Å². The number of aliphatic carboxylic acids is 1. The molecule has 16 nitrogen and oxygen atoms in total. The molecule has 0 aromatic carbocycles. The molecule has 5 atom stereocenters. The van der Waals surface area contributed by atoms with Crippen molar-refractivity contribution >= 4 is 29.6 Å². The van der Waals surface area contributed by atoms with E-state index in [4.69, 9.17) is 11.5 Å². The number of rotatable bonds is 15. The van der Waals surface area contributed by atoms with Gasteiger partial charge >= 0.3 is 5.97 Å². The molecule has 16 heteroatoms. The van der Waals surface area contributed by atoms with Gasteiger partial charge in [0.1, 0.15) is 24.2 Å². The summed E-state index contributed by atoms with van der Waals surface area (Å²) >= 11 is 0. The summed E-state index contributed by atoms with van der Waals surface area (Å²) in [7, 11) is 0. The third-order valence-corrected chi connectivity index (χ3v) is 5.34. The zero-order valence-electron chi connectivity index (χ0n) is 20.0. The number of primary amides is 1. The molecule has 0 aliphatic rings. The monoisotopic (exact) mass is 521 g/mol. The number of carboxylic acids is 1. The van der Waals surface area contributed by atoms with Gasteiger partial charge in [0.05, 0.1) is 18.8 Å². The summed E-state index contributed by atoms with van der Waals surface area (Å²) in [6.45, 7) is 1.32. The van der Waals surface area contributed by atoms with Gasteiger partial charge in [0.2, 0.25) is 23.6 Å². The quantitative estimate of drug-likeness (QED) is 0.111. The molecule has 4 amide bonds. The number of aliphatic hydroxyl groups excluding tert-OH is 1. The fraction of sp³-hybridized carbons (Fsp3) is 0.476. The van der Waals surface area contributed by atoms with Crippen molar-refractivity contribution in [2.24, 2.45) is 11.5 Å². The van der Waals surface area contributed by atoms with Crippen LogP contribution < -0.4 is 27.4 Å². The van der Waals surface area contributed by atoms with Crippen molar-refractivity contribution in [2.45, 2.75) is 62.9 Å². The van der Waals surface area contributed by atoms with Crippen molar-refractivity contribution in [2.75, 3.05) is 0 Å². The molecule has 0 bridgehead atoms. The number of nitrogens with two attached hydrogens (primary N) is 2. The Balaban J connectivity index is 2.23. The smallest absolute Gasteiger partial charge is 0.326 e. The highest BCUT2D eigenvalue weighted by Crippen LogP contribution is 2.06. The normalized spacial score (nSPS) is 15.0. The lowest BCUT2D eigenvalue weighted by Gasteiger charge is -2.25. The van der Waals surface area contributed by atoms with Gasteiger partial charge in [-0.05, 0) is 13.3 Å². The highest BCUT2D eigenvalue weighted by atomic mass is 16.4. The molecule has 202 valence electrons. The van der Waals surface area contributed by atoms with E-state index >= 15 is 0 Å². The summed E-state index contributed by atoms with van der Waals surface area (Å²) in [4.78, 5) is 74.7. The van der Waals surface area contributed by atoms with Crippen LogP contribution in [-0.4, -0.2) is 90.0 Å². The number of aromatic nitrogens is 4. The van der Waals surface area contributed by atoms with Crippen LogP contribution in [0, 0.1) is 0 Å². The molecular formula is C21H31N9O7. The minimum absolute atomic E-state index is 0.0567. The Morgan fingerprint density at radius 1 is 0.892 bits per heavy atom. The number of aromatic amines is 2. The van der Waals surface area contributed by atoms with Gasteiger partial charge in [-0.3, -0.25) is 19.2 Å². The van der Waals surface area contributed by atoms with E-state index in [1.54, 1.807) is 0 Å². The van der Waals surface area contributed by atoms with Crippen LogP contribution in [0.25, 0.3) is 0 Å². The van der Waals surface area contributed by atoms with Crippen LogP contribution >= 0.6 is 0 Å². The second-order valence-electron chi connectivity index (χ2n) is 8.36. The topological polar surface area (TPSA) is 271 Å². The number of aliphatic hydroxyl groups is 1. The largest absolute Gasteiger partial charge is 0.480 e. The van der Waals surface area contributed by atoms with Gasteiger partial charge in [-0.25, -0.2) is 14.8 Å². The Labute approximate surface area is 211 Å². The van der Waals surface area contributed by atoms with Gasteiger partial charge in [0.15, 0.2) is 0 Å². The van der Waals surface area contributed by atoms with Crippen LogP contribution in [0.5, 0.6) is 0 Å². The summed E-state index contributed by atoms with van der Waals surface area (Å²) in [5.41, 5.74) is 11.7. The first kappa shape index (κ1) is 28.9. The lowest BCUT2D eigenvalue weighted by Crippen LogP contribution is -2.59. The van der Waals surface area contributed by atoms with E-state index in [9.17, 15) is 34.2 Å². The van der Waals surface area contributed by atoms with Crippen LogP contribution in [0.3, 0.4) is 0 Å². The SMILES string of the molecule is CC(O)C(N)C(=O)NC(Cc1cnc[nH]1)C(=O)NC(Cc1cnc[nH]1)C(=O)NC(CCC(N)=O)C(=O)O. The maximum atomic E-state index is 13.2. The third kappa shape index (κ3) is 9.34. The lowest BCUT2D eigenvalue weighted by atomic mass is 10.1. The third-order valence-electron chi connectivity index (χ3n) is 5.34. The summed E-state index contributed by atoms with van der Waals surface area (Å²) < 4.78 is 0. The van der Waals surface area contributed by atoms with Gasteiger partial charge in [-0.2, -0.15) is 0 Å². The van der Waals surface area contributed by atoms with E-state index in [-0.39, 0.29) is 25.7 Å². The number of nitrogens with one attached hydrogen (secondary N) is 5. The fourth-order valence-electron chi connectivity index (χ4n) is 3.23. The molecule has 0 aliphatic carbocycles. The zero-order chi connectivity index (χ0) is 27.5.